The second kappa shape index (κ2) is 9.55. The second-order valence-corrected chi connectivity index (χ2v) is 2.70. The Morgan fingerprint density at radius 3 is 2.33 bits per heavy atom. The van der Waals surface area contributed by atoms with Crippen molar-refractivity contribution in [2.45, 2.75) is 18.9 Å². The first-order chi connectivity index (χ1) is 4.93. The molecule has 1 saturated heterocycles. The van der Waals surface area contributed by atoms with Gasteiger partial charge in [0.2, 0.25) is 0 Å². The first-order valence-electron chi connectivity index (χ1n) is 3.98. The zero-order valence-electron chi connectivity index (χ0n) is 7.08. The van der Waals surface area contributed by atoms with Crippen molar-refractivity contribution < 1.29 is 5.11 Å². The van der Waals surface area contributed by atoms with Crippen LogP contribution in [-0.2, 0) is 0 Å². The van der Waals surface area contributed by atoms with Crippen molar-refractivity contribution in [3.8, 4) is 0 Å². The largest absolute Gasteiger partial charge is 0.395 e. The van der Waals surface area contributed by atoms with E-state index in [4.69, 9.17) is 5.11 Å². The van der Waals surface area contributed by atoms with E-state index in [0.29, 0.717) is 6.04 Å². The Kier molecular flexibility index (Phi) is 11.9. The number of aliphatic hydroxyl groups is 1. The maximum atomic E-state index is 8.52. The van der Waals surface area contributed by atoms with Gasteiger partial charge in [0.05, 0.1) is 6.61 Å². The maximum absolute atomic E-state index is 8.52. The van der Waals surface area contributed by atoms with E-state index >= 15 is 0 Å². The first-order valence-corrected chi connectivity index (χ1v) is 3.98. The minimum atomic E-state index is 0. The van der Waals surface area contributed by atoms with Crippen molar-refractivity contribution in [1.29, 1.82) is 0 Å². The molecule has 5 heteroatoms. The average molecular weight is 217 g/mol. The molecule has 1 fully saturated rings. The van der Waals surface area contributed by atoms with Crippen molar-refractivity contribution in [1.82, 2.24) is 10.6 Å². The number of rotatable bonds is 3. The Labute approximate surface area is 86.1 Å². The summed E-state index contributed by atoms with van der Waals surface area (Å²) < 4.78 is 0. The molecule has 12 heavy (non-hydrogen) atoms. The summed E-state index contributed by atoms with van der Waals surface area (Å²) in [6, 6.07) is 0.633. The van der Waals surface area contributed by atoms with Gasteiger partial charge in [0.15, 0.2) is 0 Å². The fourth-order valence-corrected chi connectivity index (χ4v) is 1.29. The molecule has 1 aliphatic rings. The fourth-order valence-electron chi connectivity index (χ4n) is 1.29. The summed E-state index contributed by atoms with van der Waals surface area (Å²) in [5.74, 6) is 0. The van der Waals surface area contributed by atoms with E-state index in [1.54, 1.807) is 0 Å². The predicted octanol–water partition coefficient (Wildman–Crippen LogP) is 0.164. The fraction of sp³-hybridized carbons (Fsp3) is 1.00. The van der Waals surface area contributed by atoms with Crippen LogP contribution < -0.4 is 10.6 Å². The number of hydrogen-bond donors (Lipinski definition) is 3. The van der Waals surface area contributed by atoms with Gasteiger partial charge in [0, 0.05) is 12.6 Å². The molecule has 0 atom stereocenters. The van der Waals surface area contributed by atoms with Gasteiger partial charge in [-0.25, -0.2) is 0 Å². The molecular formula is C7H18Cl2N2O. The molecule has 3 N–H and O–H groups in total. The molecule has 0 aromatic carbocycles. The molecule has 0 saturated carbocycles. The highest BCUT2D eigenvalue weighted by atomic mass is 35.5. The van der Waals surface area contributed by atoms with Crippen LogP contribution in [0.5, 0.6) is 0 Å². The minimum absolute atomic E-state index is 0. The molecular weight excluding hydrogens is 199 g/mol. The van der Waals surface area contributed by atoms with E-state index in [1.807, 2.05) is 0 Å². The van der Waals surface area contributed by atoms with Crippen LogP contribution in [0.4, 0.5) is 0 Å². The Morgan fingerprint density at radius 1 is 1.25 bits per heavy atom. The van der Waals surface area contributed by atoms with Gasteiger partial charge in [-0.1, -0.05) is 0 Å². The lowest BCUT2D eigenvalue weighted by atomic mass is 10.1. The molecule has 1 aliphatic heterocycles. The van der Waals surface area contributed by atoms with Gasteiger partial charge in [0.25, 0.3) is 0 Å². The molecule has 0 unspecified atom stereocenters. The zero-order valence-corrected chi connectivity index (χ0v) is 8.72. The molecule has 1 rings (SSSR count). The van der Waals surface area contributed by atoms with Crippen molar-refractivity contribution >= 4 is 24.8 Å². The topological polar surface area (TPSA) is 44.3 Å². The van der Waals surface area contributed by atoms with E-state index in [1.165, 1.54) is 12.8 Å². The van der Waals surface area contributed by atoms with Crippen LogP contribution in [0.3, 0.4) is 0 Å². The number of nitrogens with one attached hydrogen (secondary N) is 2. The molecule has 0 radical (unpaired) electrons. The minimum Gasteiger partial charge on any atom is -0.395 e. The van der Waals surface area contributed by atoms with Gasteiger partial charge in [0.1, 0.15) is 0 Å². The van der Waals surface area contributed by atoms with Crippen molar-refractivity contribution in [3.05, 3.63) is 0 Å². The molecule has 0 aliphatic carbocycles. The Morgan fingerprint density at radius 2 is 1.83 bits per heavy atom. The van der Waals surface area contributed by atoms with Gasteiger partial charge in [-0.05, 0) is 25.9 Å². The number of piperidine rings is 1. The number of hydrogen-bond acceptors (Lipinski definition) is 3. The number of halogens is 2. The number of aliphatic hydroxyl groups excluding tert-OH is 1. The van der Waals surface area contributed by atoms with E-state index in [9.17, 15) is 0 Å². The average Bonchev–Trinajstić information content (AvgIpc) is 2.03. The van der Waals surface area contributed by atoms with Crippen molar-refractivity contribution in [2.24, 2.45) is 0 Å². The summed E-state index contributed by atoms with van der Waals surface area (Å²) >= 11 is 0. The lowest BCUT2D eigenvalue weighted by Gasteiger charge is -2.23. The zero-order chi connectivity index (χ0) is 7.23. The molecule has 0 bridgehead atoms. The van der Waals surface area contributed by atoms with E-state index in [2.05, 4.69) is 10.6 Å². The lowest BCUT2D eigenvalue weighted by Crippen LogP contribution is -2.40. The lowest BCUT2D eigenvalue weighted by molar-refractivity contribution is 0.274. The summed E-state index contributed by atoms with van der Waals surface area (Å²) in [7, 11) is 0. The summed E-state index contributed by atoms with van der Waals surface area (Å²) in [5.41, 5.74) is 0. The van der Waals surface area contributed by atoms with Crippen LogP contribution in [0.2, 0.25) is 0 Å². The second-order valence-electron chi connectivity index (χ2n) is 2.70. The molecule has 76 valence electrons. The third kappa shape index (κ3) is 6.03. The summed E-state index contributed by atoms with van der Waals surface area (Å²) in [6.07, 6.45) is 2.39. The van der Waals surface area contributed by atoms with Crippen LogP contribution >= 0.6 is 24.8 Å². The first kappa shape index (κ1) is 15.0. The highest BCUT2D eigenvalue weighted by Crippen LogP contribution is 2.00. The Bertz CT molecular complexity index is 89.5. The van der Waals surface area contributed by atoms with Crippen molar-refractivity contribution in [2.75, 3.05) is 26.2 Å². The van der Waals surface area contributed by atoms with Gasteiger partial charge >= 0.3 is 0 Å². The van der Waals surface area contributed by atoms with Crippen molar-refractivity contribution in [3.63, 3.8) is 0 Å². The van der Waals surface area contributed by atoms with Crippen LogP contribution in [-0.4, -0.2) is 37.4 Å². The highest BCUT2D eigenvalue weighted by Gasteiger charge is 2.10. The molecule has 3 nitrogen and oxygen atoms in total. The third-order valence-electron chi connectivity index (χ3n) is 1.88. The van der Waals surface area contributed by atoms with Crippen LogP contribution in [0.1, 0.15) is 12.8 Å². The Balaban J connectivity index is 0. The van der Waals surface area contributed by atoms with Gasteiger partial charge in [-0.15, -0.1) is 24.8 Å². The van der Waals surface area contributed by atoms with Gasteiger partial charge < -0.3 is 15.7 Å². The van der Waals surface area contributed by atoms with E-state index in [-0.39, 0.29) is 31.4 Å². The van der Waals surface area contributed by atoms with Crippen LogP contribution in [0, 0.1) is 0 Å². The molecule has 0 amide bonds. The monoisotopic (exact) mass is 216 g/mol. The quantitative estimate of drug-likeness (QED) is 0.631. The highest BCUT2D eigenvalue weighted by molar-refractivity contribution is 5.85. The molecule has 1 heterocycles. The van der Waals surface area contributed by atoms with Crippen LogP contribution in [0.15, 0.2) is 0 Å². The van der Waals surface area contributed by atoms with Gasteiger partial charge in [-0.3, -0.25) is 0 Å². The molecule has 0 spiro atoms. The van der Waals surface area contributed by atoms with E-state index in [0.717, 1.165) is 19.6 Å². The SMILES string of the molecule is Cl.Cl.OCCNC1CCNCC1. The molecule has 0 aromatic rings. The Hall–Kier alpha value is 0.460. The standard InChI is InChI=1S/C7H16N2O.2ClH/c10-6-5-9-7-1-3-8-4-2-7;;/h7-10H,1-6H2;2*1H. The van der Waals surface area contributed by atoms with Crippen LogP contribution in [0.25, 0.3) is 0 Å². The summed E-state index contributed by atoms with van der Waals surface area (Å²) in [5, 5.41) is 15.1. The molecule has 0 aromatic heterocycles. The maximum Gasteiger partial charge on any atom is 0.0556 e. The normalized spacial score (nSPS) is 17.8. The predicted molar refractivity (Wildman–Crippen MR) is 55.5 cm³/mol. The van der Waals surface area contributed by atoms with E-state index < -0.39 is 0 Å². The summed E-state index contributed by atoms with van der Waals surface area (Å²) in [6.45, 7) is 3.22. The smallest absolute Gasteiger partial charge is 0.0556 e. The third-order valence-corrected chi connectivity index (χ3v) is 1.88. The van der Waals surface area contributed by atoms with Gasteiger partial charge in [-0.2, -0.15) is 0 Å². The summed E-state index contributed by atoms with van der Waals surface area (Å²) in [4.78, 5) is 0.